The molecule has 122 valence electrons. The summed E-state index contributed by atoms with van der Waals surface area (Å²) in [7, 11) is 0. The van der Waals surface area contributed by atoms with Crippen LogP contribution < -0.4 is 5.32 Å². The van der Waals surface area contributed by atoms with Crippen molar-refractivity contribution >= 4 is 22.4 Å². The van der Waals surface area contributed by atoms with Gasteiger partial charge in [-0.25, -0.2) is 0 Å². The molecule has 2 fully saturated rings. The van der Waals surface area contributed by atoms with E-state index in [1.807, 2.05) is 0 Å². The minimum Gasteiger partial charge on any atom is -0.301 e. The van der Waals surface area contributed by atoms with Crippen molar-refractivity contribution in [3.8, 4) is 0 Å². The van der Waals surface area contributed by atoms with Crippen molar-refractivity contribution in [3.63, 3.8) is 0 Å². The van der Waals surface area contributed by atoms with Gasteiger partial charge in [0.15, 0.2) is 0 Å². The molecule has 0 aliphatic heterocycles. The van der Waals surface area contributed by atoms with Crippen LogP contribution >= 0.6 is 11.3 Å². The Labute approximate surface area is 137 Å². The SMILES string of the molecule is O=C(CCC1CCCCC1)Nc1nnc(C2CCCCC2)s1. The summed E-state index contributed by atoms with van der Waals surface area (Å²) in [5, 5.41) is 13.2. The highest BCUT2D eigenvalue weighted by Crippen LogP contribution is 2.35. The van der Waals surface area contributed by atoms with Gasteiger partial charge in [0.25, 0.3) is 0 Å². The number of carbonyl (C=O) groups is 1. The van der Waals surface area contributed by atoms with Gasteiger partial charge < -0.3 is 5.32 Å². The molecular formula is C17H27N3OS. The smallest absolute Gasteiger partial charge is 0.226 e. The van der Waals surface area contributed by atoms with E-state index in [0.29, 0.717) is 17.5 Å². The van der Waals surface area contributed by atoms with Gasteiger partial charge in [-0.05, 0) is 25.2 Å². The van der Waals surface area contributed by atoms with Crippen LogP contribution in [0.4, 0.5) is 5.13 Å². The number of hydrogen-bond acceptors (Lipinski definition) is 4. The van der Waals surface area contributed by atoms with Crippen molar-refractivity contribution in [2.45, 2.75) is 83.0 Å². The lowest BCUT2D eigenvalue weighted by Gasteiger charge is -2.20. The molecule has 0 bridgehead atoms. The minimum atomic E-state index is 0.108. The first-order valence-corrected chi connectivity index (χ1v) is 9.76. The van der Waals surface area contributed by atoms with Crippen LogP contribution in [0, 0.1) is 5.92 Å². The van der Waals surface area contributed by atoms with Crippen LogP contribution in [0.15, 0.2) is 0 Å². The lowest BCUT2D eigenvalue weighted by molar-refractivity contribution is -0.116. The van der Waals surface area contributed by atoms with Gasteiger partial charge in [-0.2, -0.15) is 0 Å². The second kappa shape index (κ2) is 8.04. The highest BCUT2D eigenvalue weighted by Gasteiger charge is 2.20. The highest BCUT2D eigenvalue weighted by molar-refractivity contribution is 7.15. The van der Waals surface area contributed by atoms with E-state index in [9.17, 15) is 4.79 Å². The Kier molecular flexibility index (Phi) is 5.82. The van der Waals surface area contributed by atoms with Crippen molar-refractivity contribution in [2.24, 2.45) is 5.92 Å². The Morgan fingerprint density at radius 2 is 1.68 bits per heavy atom. The molecule has 0 spiro atoms. The third-order valence-electron chi connectivity index (χ3n) is 5.15. The summed E-state index contributed by atoms with van der Waals surface area (Å²) >= 11 is 1.58. The van der Waals surface area contributed by atoms with Gasteiger partial charge in [0.1, 0.15) is 5.01 Å². The van der Waals surface area contributed by atoms with Gasteiger partial charge in [0.2, 0.25) is 11.0 Å². The molecule has 0 unspecified atom stereocenters. The van der Waals surface area contributed by atoms with Crippen molar-refractivity contribution < 1.29 is 4.79 Å². The molecule has 1 N–H and O–H groups in total. The molecule has 4 nitrogen and oxygen atoms in total. The number of amides is 1. The third-order valence-corrected chi connectivity index (χ3v) is 6.15. The maximum absolute atomic E-state index is 12.1. The summed E-state index contributed by atoms with van der Waals surface area (Å²) < 4.78 is 0. The van der Waals surface area contributed by atoms with Crippen LogP contribution in [0.1, 0.15) is 88.0 Å². The summed E-state index contributed by atoms with van der Waals surface area (Å²) in [5.74, 6) is 1.43. The second-order valence-corrected chi connectivity index (χ2v) is 7.88. The predicted molar refractivity (Wildman–Crippen MR) is 90.2 cm³/mol. The summed E-state index contributed by atoms with van der Waals surface area (Å²) in [6.07, 6.45) is 14.7. The number of rotatable bonds is 5. The normalized spacial score (nSPS) is 20.9. The van der Waals surface area contributed by atoms with Gasteiger partial charge >= 0.3 is 0 Å². The van der Waals surface area contributed by atoms with Gasteiger partial charge in [-0.15, -0.1) is 10.2 Å². The molecule has 1 heterocycles. The Bertz CT molecular complexity index is 476. The fourth-order valence-corrected chi connectivity index (χ4v) is 4.72. The lowest BCUT2D eigenvalue weighted by Crippen LogP contribution is -2.14. The van der Waals surface area contributed by atoms with E-state index in [2.05, 4.69) is 15.5 Å². The minimum absolute atomic E-state index is 0.108. The van der Waals surface area contributed by atoms with Crippen molar-refractivity contribution in [1.82, 2.24) is 10.2 Å². The van der Waals surface area contributed by atoms with E-state index in [1.54, 1.807) is 11.3 Å². The molecule has 5 heteroatoms. The molecule has 2 saturated carbocycles. The van der Waals surface area contributed by atoms with Crippen LogP contribution in [0.25, 0.3) is 0 Å². The number of nitrogens with one attached hydrogen (secondary N) is 1. The maximum Gasteiger partial charge on any atom is 0.226 e. The number of nitrogens with zero attached hydrogens (tertiary/aromatic N) is 2. The Hall–Kier alpha value is -0.970. The third kappa shape index (κ3) is 4.51. The van der Waals surface area contributed by atoms with E-state index in [-0.39, 0.29) is 5.91 Å². The Balaban J connectivity index is 1.43. The highest BCUT2D eigenvalue weighted by atomic mass is 32.1. The van der Waals surface area contributed by atoms with Crippen molar-refractivity contribution in [3.05, 3.63) is 5.01 Å². The molecule has 0 atom stereocenters. The fourth-order valence-electron chi connectivity index (χ4n) is 3.79. The van der Waals surface area contributed by atoms with Crippen LogP contribution in [0.2, 0.25) is 0 Å². The molecule has 1 aromatic rings. The van der Waals surface area contributed by atoms with E-state index < -0.39 is 0 Å². The average Bonchev–Trinajstić information content (AvgIpc) is 3.03. The number of aromatic nitrogens is 2. The molecule has 0 radical (unpaired) electrons. The molecule has 2 aliphatic rings. The van der Waals surface area contributed by atoms with Crippen molar-refractivity contribution in [2.75, 3.05) is 5.32 Å². The summed E-state index contributed by atoms with van der Waals surface area (Å²) in [6, 6.07) is 0. The molecule has 0 saturated heterocycles. The number of hydrogen-bond donors (Lipinski definition) is 1. The van der Waals surface area contributed by atoms with Crippen molar-refractivity contribution in [1.29, 1.82) is 0 Å². The second-order valence-electron chi connectivity index (χ2n) is 6.87. The molecule has 2 aliphatic carbocycles. The van der Waals surface area contributed by atoms with E-state index in [4.69, 9.17) is 0 Å². The first kappa shape index (κ1) is 15.9. The Morgan fingerprint density at radius 3 is 2.41 bits per heavy atom. The number of anilines is 1. The molecule has 3 rings (SSSR count). The van der Waals surface area contributed by atoms with Crippen LogP contribution in [0.5, 0.6) is 0 Å². The lowest BCUT2D eigenvalue weighted by atomic mass is 9.86. The standard InChI is InChI=1S/C17H27N3OS/c21-15(12-11-13-7-3-1-4-8-13)18-17-20-19-16(22-17)14-9-5-2-6-10-14/h13-14H,1-12H2,(H,18,20,21). The molecule has 1 aromatic heterocycles. The van der Waals surface area contributed by atoms with Crippen LogP contribution in [-0.2, 0) is 4.79 Å². The zero-order valence-electron chi connectivity index (χ0n) is 13.4. The zero-order valence-corrected chi connectivity index (χ0v) is 14.2. The molecule has 22 heavy (non-hydrogen) atoms. The monoisotopic (exact) mass is 321 g/mol. The maximum atomic E-state index is 12.1. The van der Waals surface area contributed by atoms with Crippen LogP contribution in [-0.4, -0.2) is 16.1 Å². The van der Waals surface area contributed by atoms with Gasteiger partial charge in [0, 0.05) is 12.3 Å². The van der Waals surface area contributed by atoms with E-state index >= 15 is 0 Å². The number of carbonyl (C=O) groups excluding carboxylic acids is 1. The summed E-state index contributed by atoms with van der Waals surface area (Å²) in [5.41, 5.74) is 0. The largest absolute Gasteiger partial charge is 0.301 e. The summed E-state index contributed by atoms with van der Waals surface area (Å²) in [6.45, 7) is 0. The van der Waals surface area contributed by atoms with E-state index in [1.165, 1.54) is 64.2 Å². The van der Waals surface area contributed by atoms with Gasteiger partial charge in [-0.3, -0.25) is 4.79 Å². The fraction of sp³-hybridized carbons (Fsp3) is 0.824. The zero-order chi connectivity index (χ0) is 15.2. The van der Waals surface area contributed by atoms with Crippen LogP contribution in [0.3, 0.4) is 0 Å². The summed E-state index contributed by atoms with van der Waals surface area (Å²) in [4.78, 5) is 12.1. The predicted octanol–water partition coefficient (Wildman–Crippen LogP) is 4.88. The Morgan fingerprint density at radius 1 is 1.00 bits per heavy atom. The quantitative estimate of drug-likeness (QED) is 0.840. The first-order chi connectivity index (χ1) is 10.8. The van der Waals surface area contributed by atoms with Gasteiger partial charge in [0.05, 0.1) is 0 Å². The molecule has 0 aromatic carbocycles. The molecule has 1 amide bonds. The topological polar surface area (TPSA) is 54.9 Å². The average molecular weight is 321 g/mol. The van der Waals surface area contributed by atoms with Gasteiger partial charge in [-0.1, -0.05) is 62.7 Å². The molecular weight excluding hydrogens is 294 g/mol. The van der Waals surface area contributed by atoms with E-state index in [0.717, 1.165) is 17.3 Å². The first-order valence-electron chi connectivity index (χ1n) is 8.94.